The van der Waals surface area contributed by atoms with Crippen LogP contribution in [-0.4, -0.2) is 48.8 Å². The Morgan fingerprint density at radius 3 is 2.56 bits per heavy atom. The van der Waals surface area contributed by atoms with Crippen molar-refractivity contribution in [1.29, 1.82) is 0 Å². The summed E-state index contributed by atoms with van der Waals surface area (Å²) in [6, 6.07) is 14.0. The molecule has 2 atom stereocenters. The molecule has 11 nitrogen and oxygen atoms in total. The maximum Gasteiger partial charge on any atom is 0.407 e. The number of carbonyl (C=O) groups is 3. The molecule has 2 aromatic carbocycles. The SMILES string of the molecule is COc1ccc2c(C[C@@H](NC(=O)C[C@H](O)CNC(=O)OCc3ccccc3)C(N)=O)cc(=O)oc2c1. The van der Waals surface area contributed by atoms with Crippen molar-refractivity contribution in [2.45, 2.75) is 31.6 Å². The van der Waals surface area contributed by atoms with Gasteiger partial charge in [0.05, 0.1) is 19.6 Å². The molecule has 0 aliphatic heterocycles. The van der Waals surface area contributed by atoms with E-state index in [1.54, 1.807) is 24.3 Å². The summed E-state index contributed by atoms with van der Waals surface area (Å²) in [5, 5.41) is 15.5. The van der Waals surface area contributed by atoms with Crippen LogP contribution in [0.1, 0.15) is 17.5 Å². The highest BCUT2D eigenvalue weighted by Gasteiger charge is 2.22. The number of rotatable bonds is 11. The van der Waals surface area contributed by atoms with Gasteiger partial charge in [0.2, 0.25) is 11.8 Å². The third-order valence-electron chi connectivity index (χ3n) is 5.26. The zero-order chi connectivity index (χ0) is 26.1. The van der Waals surface area contributed by atoms with Crippen molar-refractivity contribution in [3.8, 4) is 5.75 Å². The number of amides is 3. The van der Waals surface area contributed by atoms with E-state index in [0.29, 0.717) is 16.7 Å². The molecule has 11 heteroatoms. The standard InChI is InChI=1S/C25H27N3O8/c1-34-18-7-8-19-16(10-23(31)36-21(19)12-18)9-20(24(26)32)28-22(30)11-17(29)13-27-25(33)35-14-15-5-3-2-4-6-15/h2-8,10,12,17,20,29H,9,11,13-14H2,1H3,(H2,26,32)(H,27,33)(H,28,30)/t17-,20+/m0/s1. The average Bonchev–Trinajstić information content (AvgIpc) is 2.85. The summed E-state index contributed by atoms with van der Waals surface area (Å²) >= 11 is 0. The number of primary amides is 1. The van der Waals surface area contributed by atoms with E-state index in [4.69, 9.17) is 19.6 Å². The Hall–Kier alpha value is -4.38. The van der Waals surface area contributed by atoms with Crippen LogP contribution in [0.25, 0.3) is 11.0 Å². The molecule has 0 saturated carbocycles. The van der Waals surface area contributed by atoms with Gasteiger partial charge < -0.3 is 35.4 Å². The summed E-state index contributed by atoms with van der Waals surface area (Å²) < 4.78 is 15.4. The quantitative estimate of drug-likeness (QED) is 0.284. The lowest BCUT2D eigenvalue weighted by atomic mass is 10.0. The van der Waals surface area contributed by atoms with Crippen molar-refractivity contribution in [3.63, 3.8) is 0 Å². The van der Waals surface area contributed by atoms with Gasteiger partial charge in [0.15, 0.2) is 0 Å². The smallest absolute Gasteiger partial charge is 0.407 e. The van der Waals surface area contributed by atoms with E-state index in [1.165, 1.54) is 19.2 Å². The Kier molecular flexibility index (Phi) is 9.01. The van der Waals surface area contributed by atoms with Crippen molar-refractivity contribution in [1.82, 2.24) is 10.6 Å². The maximum absolute atomic E-state index is 12.4. The summed E-state index contributed by atoms with van der Waals surface area (Å²) in [5.74, 6) is -1.01. The molecule has 3 rings (SSSR count). The van der Waals surface area contributed by atoms with E-state index in [2.05, 4.69) is 10.6 Å². The van der Waals surface area contributed by atoms with Crippen LogP contribution < -0.4 is 26.7 Å². The largest absolute Gasteiger partial charge is 0.497 e. The summed E-state index contributed by atoms with van der Waals surface area (Å²) in [7, 11) is 1.47. The van der Waals surface area contributed by atoms with E-state index < -0.39 is 42.1 Å². The van der Waals surface area contributed by atoms with Gasteiger partial charge in [-0.1, -0.05) is 30.3 Å². The number of nitrogens with two attached hydrogens (primary N) is 1. The summed E-state index contributed by atoms with van der Waals surface area (Å²) in [6.45, 7) is -0.183. The number of aliphatic hydroxyl groups excluding tert-OH is 1. The van der Waals surface area contributed by atoms with Gasteiger partial charge in [-0.05, 0) is 23.3 Å². The number of ether oxygens (including phenoxy) is 2. The first-order valence-electron chi connectivity index (χ1n) is 11.1. The van der Waals surface area contributed by atoms with Crippen LogP contribution in [-0.2, 0) is 27.4 Å². The number of hydrogen-bond acceptors (Lipinski definition) is 8. The number of carbonyl (C=O) groups excluding carboxylic acids is 3. The molecule has 0 saturated heterocycles. The Morgan fingerprint density at radius 1 is 1.11 bits per heavy atom. The maximum atomic E-state index is 12.4. The molecular weight excluding hydrogens is 470 g/mol. The van der Waals surface area contributed by atoms with Gasteiger partial charge in [0.25, 0.3) is 0 Å². The van der Waals surface area contributed by atoms with Crippen molar-refractivity contribution in [3.05, 3.63) is 76.1 Å². The van der Waals surface area contributed by atoms with Crippen molar-refractivity contribution in [2.24, 2.45) is 5.73 Å². The van der Waals surface area contributed by atoms with E-state index >= 15 is 0 Å². The molecule has 5 N–H and O–H groups in total. The second-order valence-corrected chi connectivity index (χ2v) is 7.98. The first-order valence-corrected chi connectivity index (χ1v) is 11.1. The Bertz CT molecular complexity index is 1280. The summed E-state index contributed by atoms with van der Waals surface area (Å²) in [4.78, 5) is 48.2. The zero-order valence-electron chi connectivity index (χ0n) is 19.6. The summed E-state index contributed by atoms with van der Waals surface area (Å²) in [5.41, 5.74) is 6.32. The molecule has 190 valence electrons. The third-order valence-corrected chi connectivity index (χ3v) is 5.26. The van der Waals surface area contributed by atoms with E-state index in [9.17, 15) is 24.3 Å². The van der Waals surface area contributed by atoms with Crippen LogP contribution in [0.4, 0.5) is 4.79 Å². The first kappa shape index (κ1) is 26.2. The van der Waals surface area contributed by atoms with Gasteiger partial charge in [-0.15, -0.1) is 0 Å². The topological polar surface area (TPSA) is 170 Å². The third kappa shape index (κ3) is 7.57. The Balaban J connectivity index is 1.54. The minimum atomic E-state index is -1.24. The minimum Gasteiger partial charge on any atom is -0.497 e. The van der Waals surface area contributed by atoms with E-state index in [1.807, 2.05) is 18.2 Å². The molecule has 36 heavy (non-hydrogen) atoms. The van der Waals surface area contributed by atoms with Gasteiger partial charge in [-0.25, -0.2) is 9.59 Å². The summed E-state index contributed by atoms with van der Waals surface area (Å²) in [6.07, 6.45) is -2.47. The fourth-order valence-electron chi connectivity index (χ4n) is 3.46. The van der Waals surface area contributed by atoms with Gasteiger partial charge in [-0.2, -0.15) is 0 Å². The molecule has 1 aromatic heterocycles. The molecular formula is C25H27N3O8. The molecule has 0 spiro atoms. The lowest BCUT2D eigenvalue weighted by Crippen LogP contribution is -2.47. The molecule has 0 unspecified atom stereocenters. The zero-order valence-corrected chi connectivity index (χ0v) is 19.6. The van der Waals surface area contributed by atoms with Crippen molar-refractivity contribution < 1.29 is 33.4 Å². The lowest BCUT2D eigenvalue weighted by molar-refractivity contribution is -0.128. The van der Waals surface area contributed by atoms with Crippen molar-refractivity contribution in [2.75, 3.05) is 13.7 Å². The highest BCUT2D eigenvalue weighted by Crippen LogP contribution is 2.23. The van der Waals surface area contributed by atoms with Crippen LogP contribution in [0.5, 0.6) is 5.75 Å². The number of hydrogen-bond donors (Lipinski definition) is 4. The van der Waals surface area contributed by atoms with Crippen LogP contribution in [0.3, 0.4) is 0 Å². The number of aliphatic hydroxyl groups is 1. The Labute approximate surface area is 206 Å². The molecule has 0 aliphatic rings. The van der Waals surface area contributed by atoms with Crippen LogP contribution >= 0.6 is 0 Å². The second kappa shape index (κ2) is 12.4. The number of fused-ring (bicyclic) bond motifs is 1. The number of benzene rings is 2. The van der Waals surface area contributed by atoms with Crippen LogP contribution in [0.15, 0.2) is 63.8 Å². The highest BCUT2D eigenvalue weighted by atomic mass is 16.5. The predicted octanol–water partition coefficient (Wildman–Crippen LogP) is 0.992. The highest BCUT2D eigenvalue weighted by molar-refractivity contribution is 5.88. The molecule has 3 aromatic rings. The molecule has 0 bridgehead atoms. The van der Waals surface area contributed by atoms with Crippen molar-refractivity contribution >= 4 is 28.9 Å². The van der Waals surface area contributed by atoms with Gasteiger partial charge >= 0.3 is 11.7 Å². The van der Waals surface area contributed by atoms with E-state index in [-0.39, 0.29) is 25.2 Å². The second-order valence-electron chi connectivity index (χ2n) is 7.98. The van der Waals surface area contributed by atoms with E-state index in [0.717, 1.165) is 5.56 Å². The van der Waals surface area contributed by atoms with Crippen LogP contribution in [0.2, 0.25) is 0 Å². The van der Waals surface area contributed by atoms with Gasteiger partial charge in [0, 0.05) is 30.5 Å². The fraction of sp³-hybridized carbons (Fsp3) is 0.280. The predicted molar refractivity (Wildman–Crippen MR) is 129 cm³/mol. The van der Waals surface area contributed by atoms with Crippen LogP contribution in [0, 0.1) is 0 Å². The lowest BCUT2D eigenvalue weighted by Gasteiger charge is -2.18. The number of methoxy groups -OCH3 is 1. The average molecular weight is 498 g/mol. The molecule has 0 aliphatic carbocycles. The minimum absolute atomic E-state index is 0.0584. The normalized spacial score (nSPS) is 12.4. The molecule has 3 amide bonds. The first-order chi connectivity index (χ1) is 17.2. The molecule has 0 radical (unpaired) electrons. The van der Waals surface area contributed by atoms with Gasteiger partial charge in [-0.3, -0.25) is 9.59 Å². The molecule has 1 heterocycles. The van der Waals surface area contributed by atoms with Gasteiger partial charge in [0.1, 0.15) is 24.0 Å². The fourth-order valence-corrected chi connectivity index (χ4v) is 3.46. The Morgan fingerprint density at radius 2 is 1.86 bits per heavy atom. The monoisotopic (exact) mass is 497 g/mol. The number of nitrogens with one attached hydrogen (secondary N) is 2. The molecule has 0 fully saturated rings. The number of alkyl carbamates (subject to hydrolysis) is 1.